The molecule has 2 aliphatic rings. The number of hydrogen-bond acceptors (Lipinski definition) is 3. The highest BCUT2D eigenvalue weighted by Gasteiger charge is 2.40. The van der Waals surface area contributed by atoms with E-state index in [1.54, 1.807) is 0 Å². The van der Waals surface area contributed by atoms with Gasteiger partial charge in [0.1, 0.15) is 0 Å². The molecule has 1 saturated carbocycles. The Morgan fingerprint density at radius 3 is 2.76 bits per heavy atom. The van der Waals surface area contributed by atoms with Gasteiger partial charge in [-0.3, -0.25) is 9.88 Å². The van der Waals surface area contributed by atoms with Crippen molar-refractivity contribution >= 4 is 0 Å². The zero-order valence-corrected chi connectivity index (χ0v) is 13.5. The molecule has 21 heavy (non-hydrogen) atoms. The summed E-state index contributed by atoms with van der Waals surface area (Å²) in [5.41, 5.74) is 1.58. The van der Waals surface area contributed by atoms with Crippen molar-refractivity contribution in [2.45, 2.75) is 64.1 Å². The van der Waals surface area contributed by atoms with E-state index in [0.29, 0.717) is 17.5 Å². The fraction of sp³-hybridized carbons (Fsp3) is 0.722. The highest BCUT2D eigenvalue weighted by atomic mass is 15.3. The van der Waals surface area contributed by atoms with Crippen LogP contribution in [0.4, 0.5) is 0 Å². The Kier molecular flexibility index (Phi) is 4.60. The van der Waals surface area contributed by atoms with Crippen LogP contribution in [0.25, 0.3) is 0 Å². The largest absolute Gasteiger partial charge is 0.308 e. The lowest BCUT2D eigenvalue weighted by Crippen LogP contribution is -2.65. The normalized spacial score (nSPS) is 26.3. The Balaban J connectivity index is 1.75. The Labute approximate surface area is 129 Å². The van der Waals surface area contributed by atoms with Gasteiger partial charge in [0.05, 0.1) is 5.69 Å². The summed E-state index contributed by atoms with van der Waals surface area (Å²) in [7, 11) is 0. The van der Waals surface area contributed by atoms with Crippen LogP contribution in [0.1, 0.15) is 51.6 Å². The van der Waals surface area contributed by atoms with E-state index in [1.807, 2.05) is 12.3 Å². The van der Waals surface area contributed by atoms with Crippen LogP contribution in [-0.4, -0.2) is 34.6 Å². The third kappa shape index (κ3) is 3.46. The summed E-state index contributed by atoms with van der Waals surface area (Å²) in [6.45, 7) is 8.00. The summed E-state index contributed by atoms with van der Waals surface area (Å²) >= 11 is 0. The van der Waals surface area contributed by atoms with E-state index in [1.165, 1.54) is 44.3 Å². The van der Waals surface area contributed by atoms with Gasteiger partial charge in [-0.25, -0.2) is 0 Å². The number of piperazine rings is 1. The van der Waals surface area contributed by atoms with Gasteiger partial charge in [-0.05, 0) is 30.9 Å². The lowest BCUT2D eigenvalue weighted by atomic mass is 9.78. The molecule has 0 aromatic carbocycles. The fourth-order valence-corrected chi connectivity index (χ4v) is 4.11. The Morgan fingerprint density at radius 1 is 1.29 bits per heavy atom. The molecule has 3 nitrogen and oxygen atoms in total. The first-order valence-corrected chi connectivity index (χ1v) is 8.58. The van der Waals surface area contributed by atoms with Gasteiger partial charge >= 0.3 is 0 Å². The molecule has 0 radical (unpaired) electrons. The summed E-state index contributed by atoms with van der Waals surface area (Å²) in [5.74, 6) is 0.683. The summed E-state index contributed by atoms with van der Waals surface area (Å²) in [6.07, 6.45) is 8.79. The third-order valence-electron chi connectivity index (χ3n) is 5.33. The van der Waals surface area contributed by atoms with Gasteiger partial charge in [-0.2, -0.15) is 0 Å². The van der Waals surface area contributed by atoms with Gasteiger partial charge in [0.15, 0.2) is 0 Å². The van der Waals surface area contributed by atoms with Crippen molar-refractivity contribution in [2.24, 2.45) is 5.92 Å². The monoisotopic (exact) mass is 287 g/mol. The van der Waals surface area contributed by atoms with Crippen molar-refractivity contribution in [1.29, 1.82) is 0 Å². The van der Waals surface area contributed by atoms with Crippen LogP contribution in [0.15, 0.2) is 24.4 Å². The van der Waals surface area contributed by atoms with Gasteiger partial charge in [0.25, 0.3) is 0 Å². The average molecular weight is 287 g/mol. The predicted octanol–water partition coefficient (Wildman–Crippen LogP) is 3.21. The molecule has 116 valence electrons. The topological polar surface area (TPSA) is 28.2 Å². The molecule has 3 rings (SSSR count). The van der Waals surface area contributed by atoms with E-state index in [-0.39, 0.29) is 0 Å². The second kappa shape index (κ2) is 6.45. The van der Waals surface area contributed by atoms with Crippen molar-refractivity contribution in [3.8, 4) is 0 Å². The standard InChI is InChI=1S/C18H29N3/c1-15(2)17-12-20-18(9-5-3-6-10-18)14-21(17)13-16-8-4-7-11-19-16/h4,7-8,11,15,17,20H,3,5-6,9-10,12-14H2,1-2H3. The molecule has 1 N–H and O–H groups in total. The molecule has 1 atom stereocenters. The van der Waals surface area contributed by atoms with Crippen molar-refractivity contribution in [3.63, 3.8) is 0 Å². The number of pyridine rings is 1. The van der Waals surface area contributed by atoms with Gasteiger partial charge < -0.3 is 5.32 Å². The minimum Gasteiger partial charge on any atom is -0.308 e. The zero-order chi connectivity index (χ0) is 14.7. The number of aromatic nitrogens is 1. The lowest BCUT2D eigenvalue weighted by molar-refractivity contribution is 0.0301. The minimum atomic E-state index is 0.373. The molecule has 3 heteroatoms. The molecular weight excluding hydrogens is 258 g/mol. The molecule has 1 aromatic rings. The number of nitrogens with one attached hydrogen (secondary N) is 1. The van der Waals surface area contributed by atoms with E-state index in [9.17, 15) is 0 Å². The van der Waals surface area contributed by atoms with E-state index in [2.05, 4.69) is 41.2 Å². The summed E-state index contributed by atoms with van der Waals surface area (Å²) in [6, 6.07) is 6.89. The SMILES string of the molecule is CC(C)C1CNC2(CCCCC2)CN1Cc1ccccn1. The van der Waals surface area contributed by atoms with Crippen molar-refractivity contribution < 1.29 is 0 Å². The quantitative estimate of drug-likeness (QED) is 0.925. The van der Waals surface area contributed by atoms with E-state index in [4.69, 9.17) is 0 Å². The van der Waals surface area contributed by atoms with Gasteiger partial charge in [0, 0.05) is 37.4 Å². The van der Waals surface area contributed by atoms with Crippen molar-refractivity contribution in [3.05, 3.63) is 30.1 Å². The number of rotatable bonds is 3. The van der Waals surface area contributed by atoms with E-state index >= 15 is 0 Å². The molecule has 1 aliphatic carbocycles. The van der Waals surface area contributed by atoms with Crippen molar-refractivity contribution in [1.82, 2.24) is 15.2 Å². The summed E-state index contributed by atoms with van der Waals surface area (Å²) in [5, 5.41) is 3.92. The number of nitrogens with zero attached hydrogens (tertiary/aromatic N) is 2. The summed E-state index contributed by atoms with van der Waals surface area (Å²) < 4.78 is 0. The first-order chi connectivity index (χ1) is 10.2. The van der Waals surface area contributed by atoms with Gasteiger partial charge in [-0.15, -0.1) is 0 Å². The number of hydrogen-bond donors (Lipinski definition) is 1. The maximum Gasteiger partial charge on any atom is 0.0544 e. The Hall–Kier alpha value is -0.930. The van der Waals surface area contributed by atoms with Crippen LogP contribution < -0.4 is 5.32 Å². The molecular formula is C18H29N3. The maximum absolute atomic E-state index is 4.54. The Morgan fingerprint density at radius 2 is 2.10 bits per heavy atom. The molecule has 1 aliphatic heterocycles. The molecule has 2 fully saturated rings. The average Bonchev–Trinajstić information content (AvgIpc) is 2.49. The highest BCUT2D eigenvalue weighted by molar-refractivity contribution is 5.06. The van der Waals surface area contributed by atoms with Crippen molar-refractivity contribution in [2.75, 3.05) is 13.1 Å². The van der Waals surface area contributed by atoms with Crippen LogP contribution in [0, 0.1) is 5.92 Å². The van der Waals surface area contributed by atoms with E-state index in [0.717, 1.165) is 13.1 Å². The second-order valence-corrected chi connectivity index (χ2v) is 7.26. The molecule has 1 saturated heterocycles. The van der Waals surface area contributed by atoms with Crippen LogP contribution in [0.5, 0.6) is 0 Å². The molecule has 0 amide bonds. The highest BCUT2D eigenvalue weighted by Crippen LogP contribution is 2.33. The summed E-state index contributed by atoms with van der Waals surface area (Å²) in [4.78, 5) is 7.23. The minimum absolute atomic E-state index is 0.373. The van der Waals surface area contributed by atoms with Crippen LogP contribution in [0.2, 0.25) is 0 Å². The van der Waals surface area contributed by atoms with Gasteiger partial charge in [-0.1, -0.05) is 39.2 Å². The predicted molar refractivity (Wildman–Crippen MR) is 87.1 cm³/mol. The Bertz CT molecular complexity index is 437. The maximum atomic E-state index is 4.54. The molecule has 0 bridgehead atoms. The fourth-order valence-electron chi connectivity index (χ4n) is 4.11. The van der Waals surface area contributed by atoms with Crippen LogP contribution in [0.3, 0.4) is 0 Å². The molecule has 1 spiro atoms. The zero-order valence-electron chi connectivity index (χ0n) is 13.5. The van der Waals surface area contributed by atoms with Gasteiger partial charge in [0.2, 0.25) is 0 Å². The van der Waals surface area contributed by atoms with Crippen LogP contribution in [-0.2, 0) is 6.54 Å². The first kappa shape index (κ1) is 15.0. The molecule has 2 heterocycles. The molecule has 1 unspecified atom stereocenters. The van der Waals surface area contributed by atoms with E-state index < -0.39 is 0 Å². The third-order valence-corrected chi connectivity index (χ3v) is 5.33. The second-order valence-electron chi connectivity index (χ2n) is 7.26. The smallest absolute Gasteiger partial charge is 0.0544 e. The first-order valence-electron chi connectivity index (χ1n) is 8.58. The molecule has 1 aromatic heterocycles. The van der Waals surface area contributed by atoms with Crippen LogP contribution >= 0.6 is 0 Å². The lowest BCUT2D eigenvalue weighted by Gasteiger charge is -2.50.